The molecule has 0 spiro atoms. The maximum Gasteiger partial charge on any atom is 0.328 e. The molecule has 3 heterocycles. The Morgan fingerprint density at radius 2 is 1.95 bits per heavy atom. The molecule has 0 radical (unpaired) electrons. The molecule has 3 N–H and O–H groups in total. The van der Waals surface area contributed by atoms with Gasteiger partial charge < -0.3 is 10.8 Å². The largest absolute Gasteiger partial charge is 0.399 e. The second kappa shape index (κ2) is 12.3. The van der Waals surface area contributed by atoms with Crippen LogP contribution in [0.5, 0.6) is 0 Å². The van der Waals surface area contributed by atoms with E-state index in [1.165, 1.54) is 4.90 Å². The third-order valence-corrected chi connectivity index (χ3v) is 7.74. The zero-order valence-electron chi connectivity index (χ0n) is 22.8. The fourth-order valence-corrected chi connectivity index (χ4v) is 5.79. The van der Waals surface area contributed by atoms with Gasteiger partial charge in [-0.05, 0) is 48.6 Å². The summed E-state index contributed by atoms with van der Waals surface area (Å²) in [5.74, 6) is 0.355. The number of hydrogen-bond donors (Lipinski definition) is 2. The molecule has 3 amide bonds. The van der Waals surface area contributed by atoms with Crippen molar-refractivity contribution in [3.05, 3.63) is 52.8 Å². The van der Waals surface area contributed by atoms with Crippen molar-refractivity contribution in [1.29, 1.82) is 0 Å². The van der Waals surface area contributed by atoms with E-state index in [2.05, 4.69) is 10.2 Å². The Balaban J connectivity index is 1.82. The van der Waals surface area contributed by atoms with Gasteiger partial charge in [0.05, 0.1) is 12.8 Å². The van der Waals surface area contributed by atoms with Crippen LogP contribution in [0.1, 0.15) is 44.7 Å². The normalized spacial score (nSPS) is 21.1. The summed E-state index contributed by atoms with van der Waals surface area (Å²) in [6, 6.07) is 6.08. The van der Waals surface area contributed by atoms with Gasteiger partial charge in [-0.15, -0.1) is 0 Å². The number of anilines is 1. The number of nitrogens with zero attached hydrogens (tertiary/aromatic N) is 7. The standard InChI is InChI=1S/C27H37ClN8O3/c1-4-12-34-25(38)24-27(5-2,35(26(34)39)13-10-20-7-8-21(29)17-22(20)28)32-23(16-19-9-11-30-31-18-19)36(24)33(6-3)14-15-37/h7-9,11,17-18,24,37H,4-6,10,12-16,29H2,1-3H3. The highest BCUT2D eigenvalue weighted by Crippen LogP contribution is 2.42. The molecule has 1 saturated heterocycles. The molecule has 0 saturated carbocycles. The van der Waals surface area contributed by atoms with Crippen LogP contribution in [0.3, 0.4) is 0 Å². The number of imide groups is 1. The van der Waals surface area contributed by atoms with Crippen LogP contribution in [0.15, 0.2) is 41.7 Å². The minimum Gasteiger partial charge on any atom is -0.399 e. The number of likely N-dealkylation sites (N-methyl/N-ethyl adjacent to an activating group) is 1. The zero-order chi connectivity index (χ0) is 28.2. The summed E-state index contributed by atoms with van der Waals surface area (Å²) in [4.78, 5) is 36.3. The molecule has 2 aliphatic rings. The molecule has 0 aliphatic carbocycles. The maximum absolute atomic E-state index is 14.1. The van der Waals surface area contributed by atoms with Gasteiger partial charge in [0, 0.05) is 49.5 Å². The number of benzene rings is 1. The van der Waals surface area contributed by atoms with Crippen molar-refractivity contribution in [3.63, 3.8) is 0 Å². The Bertz CT molecular complexity index is 1210. The predicted octanol–water partition coefficient (Wildman–Crippen LogP) is 2.59. The lowest BCUT2D eigenvalue weighted by atomic mass is 9.91. The van der Waals surface area contributed by atoms with Crippen LogP contribution in [-0.4, -0.2) is 97.4 Å². The van der Waals surface area contributed by atoms with Crippen molar-refractivity contribution in [1.82, 2.24) is 30.0 Å². The average Bonchev–Trinajstić information content (AvgIpc) is 3.26. The number of aromatic nitrogens is 2. The van der Waals surface area contributed by atoms with E-state index in [-0.39, 0.29) is 18.5 Å². The lowest BCUT2D eigenvalue weighted by molar-refractivity contribution is -0.151. The number of aliphatic hydroxyl groups is 1. The highest BCUT2D eigenvalue weighted by atomic mass is 35.5. The molecule has 210 valence electrons. The molecule has 11 nitrogen and oxygen atoms in total. The smallest absolute Gasteiger partial charge is 0.328 e. The van der Waals surface area contributed by atoms with E-state index in [0.717, 1.165) is 11.1 Å². The summed E-state index contributed by atoms with van der Waals surface area (Å²) >= 11 is 6.47. The predicted molar refractivity (Wildman–Crippen MR) is 150 cm³/mol. The van der Waals surface area contributed by atoms with Gasteiger partial charge in [-0.1, -0.05) is 38.4 Å². The number of urea groups is 1. The Labute approximate surface area is 234 Å². The second-order valence-corrected chi connectivity index (χ2v) is 10.1. The lowest BCUT2D eigenvalue weighted by Gasteiger charge is -2.51. The van der Waals surface area contributed by atoms with Crippen LogP contribution < -0.4 is 5.73 Å². The van der Waals surface area contributed by atoms with Gasteiger partial charge in [0.1, 0.15) is 5.84 Å². The Morgan fingerprint density at radius 3 is 2.56 bits per heavy atom. The summed E-state index contributed by atoms with van der Waals surface area (Å²) in [7, 11) is 0. The highest BCUT2D eigenvalue weighted by Gasteiger charge is 2.62. The molecule has 39 heavy (non-hydrogen) atoms. The number of fused-ring (bicyclic) bond motifs is 1. The molecule has 0 bridgehead atoms. The van der Waals surface area contributed by atoms with Crippen LogP contribution in [-0.2, 0) is 17.6 Å². The number of aliphatic imine (C=N–C) groups is 1. The number of carbonyl (C=O) groups is 2. The molecular formula is C27H37ClN8O3. The molecule has 1 aromatic carbocycles. The first kappa shape index (κ1) is 28.7. The molecule has 1 fully saturated rings. The van der Waals surface area contributed by atoms with Gasteiger partial charge >= 0.3 is 6.03 Å². The monoisotopic (exact) mass is 556 g/mol. The molecule has 4 rings (SSSR count). The molecule has 2 aliphatic heterocycles. The van der Waals surface area contributed by atoms with E-state index in [1.807, 2.05) is 42.9 Å². The molecule has 2 unspecified atom stereocenters. The molecule has 2 atom stereocenters. The Morgan fingerprint density at radius 1 is 1.15 bits per heavy atom. The Hall–Kier alpha value is -3.28. The van der Waals surface area contributed by atoms with Crippen LogP contribution in [0.4, 0.5) is 10.5 Å². The van der Waals surface area contributed by atoms with E-state index in [4.69, 9.17) is 22.3 Å². The number of carbonyl (C=O) groups excluding carboxylic acids is 2. The van der Waals surface area contributed by atoms with E-state index in [1.54, 1.807) is 29.4 Å². The third kappa shape index (κ3) is 5.43. The van der Waals surface area contributed by atoms with Crippen molar-refractivity contribution in [2.75, 3.05) is 38.5 Å². The maximum atomic E-state index is 14.1. The van der Waals surface area contributed by atoms with Crippen molar-refractivity contribution in [3.8, 4) is 0 Å². The van der Waals surface area contributed by atoms with Gasteiger partial charge in [-0.3, -0.25) is 19.6 Å². The number of hydrogen-bond acceptors (Lipinski definition) is 9. The highest BCUT2D eigenvalue weighted by molar-refractivity contribution is 6.31. The number of amidine groups is 1. The number of amides is 3. The van der Waals surface area contributed by atoms with Crippen molar-refractivity contribution in [2.24, 2.45) is 4.99 Å². The number of nitrogen functional groups attached to an aromatic ring is 1. The SMILES string of the molecule is CCCN1C(=O)C2N(N(CC)CCO)C(Cc3ccnnc3)=NC2(CC)N(CCc2ccc(N)cc2Cl)C1=O. The third-order valence-electron chi connectivity index (χ3n) is 7.38. The quantitative estimate of drug-likeness (QED) is 0.381. The van der Waals surface area contributed by atoms with Gasteiger partial charge in [0.15, 0.2) is 11.7 Å². The minimum absolute atomic E-state index is 0.0918. The van der Waals surface area contributed by atoms with Gasteiger partial charge in [0.25, 0.3) is 5.91 Å². The van der Waals surface area contributed by atoms with E-state index in [0.29, 0.717) is 68.4 Å². The van der Waals surface area contributed by atoms with Crippen molar-refractivity contribution < 1.29 is 14.7 Å². The number of nitrogens with two attached hydrogens (primary N) is 1. The fraction of sp³-hybridized carbons (Fsp3) is 0.519. The second-order valence-electron chi connectivity index (χ2n) is 9.73. The first-order valence-electron chi connectivity index (χ1n) is 13.5. The number of rotatable bonds is 12. The van der Waals surface area contributed by atoms with E-state index >= 15 is 0 Å². The van der Waals surface area contributed by atoms with Gasteiger partial charge in [-0.25, -0.2) is 14.8 Å². The summed E-state index contributed by atoms with van der Waals surface area (Å²) in [5, 5.41) is 22.1. The minimum atomic E-state index is -1.13. The van der Waals surface area contributed by atoms with Crippen molar-refractivity contribution >= 4 is 35.1 Å². The molecule has 12 heteroatoms. The van der Waals surface area contributed by atoms with E-state index < -0.39 is 11.7 Å². The topological polar surface area (TPSA) is 131 Å². The number of halogens is 1. The van der Waals surface area contributed by atoms with Crippen LogP contribution in [0.25, 0.3) is 0 Å². The number of hydrazine groups is 1. The van der Waals surface area contributed by atoms with E-state index in [9.17, 15) is 14.7 Å². The van der Waals surface area contributed by atoms with Gasteiger partial charge in [-0.2, -0.15) is 10.2 Å². The van der Waals surface area contributed by atoms with Crippen molar-refractivity contribution in [2.45, 2.75) is 58.2 Å². The van der Waals surface area contributed by atoms with Crippen LogP contribution in [0, 0.1) is 0 Å². The summed E-state index contributed by atoms with van der Waals surface area (Å²) in [6.07, 6.45) is 5.20. The van der Waals surface area contributed by atoms with Crippen LogP contribution >= 0.6 is 11.6 Å². The van der Waals surface area contributed by atoms with Gasteiger partial charge in [0.2, 0.25) is 0 Å². The lowest BCUT2D eigenvalue weighted by Crippen LogP contribution is -2.74. The average molecular weight is 557 g/mol. The first-order valence-corrected chi connectivity index (χ1v) is 13.8. The van der Waals surface area contributed by atoms with Crippen LogP contribution in [0.2, 0.25) is 5.02 Å². The summed E-state index contributed by atoms with van der Waals surface area (Å²) in [6.45, 7) is 7.24. The fourth-order valence-electron chi connectivity index (χ4n) is 5.51. The first-order chi connectivity index (χ1) is 18.8. The molecule has 1 aromatic heterocycles. The molecule has 2 aromatic rings. The number of aliphatic hydroxyl groups excluding tert-OH is 1. The molecular weight excluding hydrogens is 520 g/mol. The Kier molecular flexibility index (Phi) is 9.04. The summed E-state index contributed by atoms with van der Waals surface area (Å²) < 4.78 is 0. The zero-order valence-corrected chi connectivity index (χ0v) is 23.5. The summed E-state index contributed by atoms with van der Waals surface area (Å²) in [5.41, 5.74) is 7.06.